The third-order valence-corrected chi connectivity index (χ3v) is 3.94. The van der Waals surface area contributed by atoms with Crippen molar-refractivity contribution in [3.63, 3.8) is 0 Å². The summed E-state index contributed by atoms with van der Waals surface area (Å²) < 4.78 is 0. The molecule has 1 N–H and O–H groups in total. The van der Waals surface area contributed by atoms with Gasteiger partial charge in [0.15, 0.2) is 0 Å². The first-order valence-electron chi connectivity index (χ1n) is 6.49. The zero-order valence-corrected chi connectivity index (χ0v) is 11.7. The lowest BCUT2D eigenvalue weighted by atomic mass is 9.98. The highest BCUT2D eigenvalue weighted by atomic mass is 15.2. The van der Waals surface area contributed by atoms with Crippen LogP contribution in [0.25, 0.3) is 0 Å². The van der Waals surface area contributed by atoms with Gasteiger partial charge in [0.05, 0.1) is 6.07 Å². The van der Waals surface area contributed by atoms with E-state index in [1.165, 1.54) is 19.4 Å². The fourth-order valence-corrected chi connectivity index (χ4v) is 2.27. The summed E-state index contributed by atoms with van der Waals surface area (Å²) in [6.45, 7) is 5.30. The van der Waals surface area contributed by atoms with E-state index < -0.39 is 0 Å². The molecule has 1 rings (SSSR count). The summed E-state index contributed by atoms with van der Waals surface area (Å²) in [6, 6.07) is 3.03. The Hall–Kier alpha value is -0.630. The van der Waals surface area contributed by atoms with E-state index in [-0.39, 0.29) is 5.54 Å². The Bertz CT molecular complexity index is 271. The number of hydrogen-bond acceptors (Lipinski definition) is 4. The zero-order valence-electron chi connectivity index (χ0n) is 11.7. The first-order valence-corrected chi connectivity index (χ1v) is 6.49. The molecule has 4 nitrogen and oxygen atoms in total. The molecule has 0 aliphatic carbocycles. The van der Waals surface area contributed by atoms with Crippen LogP contribution in [0.15, 0.2) is 0 Å². The van der Waals surface area contributed by atoms with E-state index in [0.29, 0.717) is 6.04 Å². The molecule has 2 unspecified atom stereocenters. The number of hydrogen-bond donors (Lipinski definition) is 1. The quantitative estimate of drug-likeness (QED) is 0.773. The highest BCUT2D eigenvalue weighted by molar-refractivity contribution is 5.03. The molecule has 17 heavy (non-hydrogen) atoms. The van der Waals surface area contributed by atoms with E-state index in [0.717, 1.165) is 19.5 Å². The molecule has 1 aliphatic rings. The topological polar surface area (TPSA) is 42.3 Å². The van der Waals surface area contributed by atoms with Crippen LogP contribution in [0.2, 0.25) is 0 Å². The van der Waals surface area contributed by atoms with Crippen LogP contribution < -0.4 is 5.32 Å². The van der Waals surface area contributed by atoms with Crippen LogP contribution in [-0.2, 0) is 0 Å². The van der Waals surface area contributed by atoms with Gasteiger partial charge in [0, 0.05) is 19.1 Å². The van der Waals surface area contributed by atoms with Gasteiger partial charge >= 0.3 is 0 Å². The second-order valence-corrected chi connectivity index (χ2v) is 5.50. The van der Waals surface area contributed by atoms with Crippen molar-refractivity contribution in [1.29, 1.82) is 5.26 Å². The first kappa shape index (κ1) is 14.4. The molecule has 0 spiro atoms. The minimum atomic E-state index is -0.384. The highest BCUT2D eigenvalue weighted by Gasteiger charge is 2.25. The summed E-state index contributed by atoms with van der Waals surface area (Å²) in [5, 5.41) is 12.2. The molecule has 0 aromatic carbocycles. The summed E-state index contributed by atoms with van der Waals surface area (Å²) in [5.74, 6) is 0. The first-order chi connectivity index (χ1) is 8.00. The largest absolute Gasteiger partial charge is 0.305 e. The molecular formula is C13H26N4. The molecule has 1 aliphatic heterocycles. The zero-order chi connectivity index (χ0) is 12.9. The molecule has 0 aromatic rings. The van der Waals surface area contributed by atoms with Gasteiger partial charge in [0.2, 0.25) is 0 Å². The molecule has 1 heterocycles. The van der Waals surface area contributed by atoms with Crippen LogP contribution in [0, 0.1) is 11.3 Å². The Labute approximate surface area is 106 Å². The maximum absolute atomic E-state index is 9.12. The van der Waals surface area contributed by atoms with Gasteiger partial charge in [0.25, 0.3) is 0 Å². The number of nitrogens with zero attached hydrogens (tertiary/aromatic N) is 3. The van der Waals surface area contributed by atoms with Crippen LogP contribution in [0.4, 0.5) is 0 Å². The number of piperidine rings is 1. The molecule has 4 heteroatoms. The van der Waals surface area contributed by atoms with Crippen molar-refractivity contribution < 1.29 is 0 Å². The van der Waals surface area contributed by atoms with Gasteiger partial charge < -0.3 is 15.1 Å². The van der Waals surface area contributed by atoms with Gasteiger partial charge in [-0.05, 0) is 53.9 Å². The lowest BCUT2D eigenvalue weighted by molar-refractivity contribution is 0.127. The average Bonchev–Trinajstić information content (AvgIpc) is 2.36. The summed E-state index contributed by atoms with van der Waals surface area (Å²) in [4.78, 5) is 4.80. The van der Waals surface area contributed by atoms with Crippen LogP contribution >= 0.6 is 0 Å². The normalized spacial score (nSPS) is 25.5. The number of nitrogens with one attached hydrogen (secondary N) is 1. The van der Waals surface area contributed by atoms with Crippen molar-refractivity contribution >= 4 is 0 Å². The Balaban J connectivity index is 2.40. The predicted octanol–water partition coefficient (Wildman–Crippen LogP) is 0.904. The molecule has 0 radical (unpaired) electrons. The fourth-order valence-electron chi connectivity index (χ4n) is 2.27. The van der Waals surface area contributed by atoms with Crippen molar-refractivity contribution in [2.75, 3.05) is 40.8 Å². The van der Waals surface area contributed by atoms with Crippen LogP contribution in [0.5, 0.6) is 0 Å². The Morgan fingerprint density at radius 2 is 2.24 bits per heavy atom. The second kappa shape index (κ2) is 6.34. The summed E-state index contributed by atoms with van der Waals surface area (Å²) in [6.07, 6.45) is 3.46. The van der Waals surface area contributed by atoms with Gasteiger partial charge in [0.1, 0.15) is 5.54 Å². The summed E-state index contributed by atoms with van der Waals surface area (Å²) >= 11 is 0. The van der Waals surface area contributed by atoms with Crippen LogP contribution in [0.3, 0.4) is 0 Å². The van der Waals surface area contributed by atoms with Gasteiger partial charge in [-0.15, -0.1) is 0 Å². The summed E-state index contributed by atoms with van der Waals surface area (Å²) in [7, 11) is 6.17. The van der Waals surface area contributed by atoms with Crippen molar-refractivity contribution in [3.05, 3.63) is 0 Å². The van der Waals surface area contributed by atoms with E-state index in [9.17, 15) is 0 Å². The molecule has 0 amide bonds. The average molecular weight is 238 g/mol. The third kappa shape index (κ3) is 4.27. The van der Waals surface area contributed by atoms with E-state index in [1.807, 2.05) is 14.0 Å². The summed E-state index contributed by atoms with van der Waals surface area (Å²) in [5.41, 5.74) is -0.384. The lowest BCUT2D eigenvalue weighted by Gasteiger charge is -2.37. The molecule has 1 fully saturated rings. The highest BCUT2D eigenvalue weighted by Crippen LogP contribution is 2.16. The predicted molar refractivity (Wildman–Crippen MR) is 70.8 cm³/mol. The van der Waals surface area contributed by atoms with Crippen molar-refractivity contribution in [3.8, 4) is 6.07 Å². The Morgan fingerprint density at radius 1 is 1.53 bits per heavy atom. The molecule has 1 saturated heterocycles. The Morgan fingerprint density at radius 3 is 2.76 bits per heavy atom. The maximum atomic E-state index is 9.12. The van der Waals surface area contributed by atoms with Gasteiger partial charge in [-0.2, -0.15) is 5.26 Å². The fraction of sp³-hybridized carbons (Fsp3) is 0.923. The van der Waals surface area contributed by atoms with E-state index in [4.69, 9.17) is 5.26 Å². The molecule has 2 atom stereocenters. The number of rotatable bonds is 5. The smallest absolute Gasteiger partial charge is 0.104 e. The maximum Gasteiger partial charge on any atom is 0.104 e. The van der Waals surface area contributed by atoms with Crippen LogP contribution in [-0.4, -0.2) is 62.2 Å². The molecule has 0 saturated carbocycles. The standard InChI is InChI=1S/C13H26N4/c1-13(11-14,15-2)7-9-17-8-5-6-12(10-17)16(3)4/h12,15H,5-10H2,1-4H3. The Kier molecular flexibility index (Phi) is 5.38. The van der Waals surface area contributed by atoms with Gasteiger partial charge in [-0.25, -0.2) is 0 Å². The number of likely N-dealkylation sites (N-methyl/N-ethyl adjacent to an activating group) is 1. The van der Waals surface area contributed by atoms with Crippen molar-refractivity contribution in [2.24, 2.45) is 0 Å². The minimum absolute atomic E-state index is 0.384. The molecular weight excluding hydrogens is 212 g/mol. The number of likely N-dealkylation sites (tertiary alicyclic amines) is 1. The SMILES string of the molecule is CNC(C)(C#N)CCN1CCCC(N(C)C)C1. The second-order valence-electron chi connectivity index (χ2n) is 5.50. The molecule has 0 aromatic heterocycles. The van der Waals surface area contributed by atoms with Crippen molar-refractivity contribution in [1.82, 2.24) is 15.1 Å². The van der Waals surface area contributed by atoms with E-state index in [1.54, 1.807) is 0 Å². The lowest BCUT2D eigenvalue weighted by Crippen LogP contribution is -2.48. The minimum Gasteiger partial charge on any atom is -0.305 e. The van der Waals surface area contributed by atoms with E-state index >= 15 is 0 Å². The monoisotopic (exact) mass is 238 g/mol. The van der Waals surface area contributed by atoms with Crippen molar-refractivity contribution in [2.45, 2.75) is 37.8 Å². The van der Waals surface area contributed by atoms with Crippen LogP contribution in [0.1, 0.15) is 26.2 Å². The molecule has 0 bridgehead atoms. The van der Waals surface area contributed by atoms with Gasteiger partial charge in [-0.3, -0.25) is 0 Å². The molecule has 98 valence electrons. The van der Waals surface area contributed by atoms with Gasteiger partial charge in [-0.1, -0.05) is 0 Å². The number of nitriles is 1. The third-order valence-electron chi connectivity index (χ3n) is 3.94. The van der Waals surface area contributed by atoms with E-state index in [2.05, 4.69) is 35.3 Å².